The van der Waals surface area contributed by atoms with Crippen molar-refractivity contribution < 1.29 is 4.79 Å². The van der Waals surface area contributed by atoms with E-state index in [0.717, 1.165) is 36.3 Å². The fraction of sp³-hybridized carbons (Fsp3) is 0.263. The van der Waals surface area contributed by atoms with E-state index < -0.39 is 0 Å². The van der Waals surface area contributed by atoms with Crippen LogP contribution in [0.2, 0.25) is 0 Å². The van der Waals surface area contributed by atoms with Crippen LogP contribution in [0.3, 0.4) is 0 Å². The van der Waals surface area contributed by atoms with Crippen molar-refractivity contribution in [2.24, 2.45) is 0 Å². The molecule has 0 spiro atoms. The van der Waals surface area contributed by atoms with Gasteiger partial charge in [0.1, 0.15) is 0 Å². The molecule has 0 aromatic carbocycles. The van der Waals surface area contributed by atoms with E-state index in [4.69, 9.17) is 0 Å². The third kappa shape index (κ3) is 3.62. The standard InChI is InChI=1S/C19H20N6O/c26-19(23-16-4-3-5-20-11-16)18-17(12-22-24-18)15-8-14(9-21-10-15)13-25-6-1-2-7-25/h3-5,8-12H,1-2,6-7,13H2,(H,22,24)(H,23,26). The average Bonchev–Trinajstić information content (AvgIpc) is 3.34. The molecule has 0 atom stereocenters. The van der Waals surface area contributed by atoms with E-state index in [1.165, 1.54) is 12.8 Å². The normalized spacial score (nSPS) is 14.5. The molecule has 4 rings (SSSR count). The van der Waals surface area contributed by atoms with Crippen molar-refractivity contribution in [3.8, 4) is 11.1 Å². The molecule has 1 aliphatic rings. The van der Waals surface area contributed by atoms with Crippen LogP contribution in [0, 0.1) is 0 Å². The fourth-order valence-corrected chi connectivity index (χ4v) is 3.23. The topological polar surface area (TPSA) is 86.8 Å². The molecule has 4 heterocycles. The zero-order valence-electron chi connectivity index (χ0n) is 14.4. The first-order valence-corrected chi connectivity index (χ1v) is 8.71. The van der Waals surface area contributed by atoms with E-state index in [1.807, 2.05) is 6.20 Å². The van der Waals surface area contributed by atoms with Crippen molar-refractivity contribution in [3.63, 3.8) is 0 Å². The predicted molar refractivity (Wildman–Crippen MR) is 98.5 cm³/mol. The van der Waals surface area contributed by atoms with Gasteiger partial charge < -0.3 is 5.32 Å². The maximum Gasteiger partial charge on any atom is 0.276 e. The van der Waals surface area contributed by atoms with E-state index in [1.54, 1.807) is 36.9 Å². The summed E-state index contributed by atoms with van der Waals surface area (Å²) in [7, 11) is 0. The molecule has 3 aromatic rings. The molecule has 1 saturated heterocycles. The van der Waals surface area contributed by atoms with Crippen LogP contribution < -0.4 is 5.32 Å². The number of amides is 1. The number of anilines is 1. The van der Waals surface area contributed by atoms with Crippen molar-refractivity contribution in [1.82, 2.24) is 25.1 Å². The highest BCUT2D eigenvalue weighted by molar-refractivity contribution is 6.07. The van der Waals surface area contributed by atoms with Gasteiger partial charge in [-0.15, -0.1) is 0 Å². The average molecular weight is 348 g/mol. The highest BCUT2D eigenvalue weighted by Gasteiger charge is 2.18. The van der Waals surface area contributed by atoms with E-state index in [-0.39, 0.29) is 5.91 Å². The van der Waals surface area contributed by atoms with Gasteiger partial charge in [-0.25, -0.2) is 0 Å². The minimum absolute atomic E-state index is 0.279. The molecule has 1 aliphatic heterocycles. The minimum atomic E-state index is -0.279. The van der Waals surface area contributed by atoms with Gasteiger partial charge in [0.15, 0.2) is 5.69 Å². The lowest BCUT2D eigenvalue weighted by atomic mass is 10.1. The molecule has 0 aliphatic carbocycles. The van der Waals surface area contributed by atoms with Crippen LogP contribution in [0.1, 0.15) is 28.9 Å². The number of hydrogen-bond acceptors (Lipinski definition) is 5. The van der Waals surface area contributed by atoms with Crippen molar-refractivity contribution in [2.45, 2.75) is 19.4 Å². The first kappa shape index (κ1) is 16.4. The first-order valence-electron chi connectivity index (χ1n) is 8.71. The number of rotatable bonds is 5. The Morgan fingerprint density at radius 1 is 1.19 bits per heavy atom. The van der Waals surface area contributed by atoms with E-state index in [2.05, 4.69) is 36.4 Å². The van der Waals surface area contributed by atoms with Crippen LogP contribution in [-0.2, 0) is 6.54 Å². The van der Waals surface area contributed by atoms with Gasteiger partial charge in [-0.05, 0) is 49.7 Å². The largest absolute Gasteiger partial charge is 0.319 e. The van der Waals surface area contributed by atoms with Gasteiger partial charge in [-0.2, -0.15) is 5.10 Å². The van der Waals surface area contributed by atoms with Crippen LogP contribution in [0.5, 0.6) is 0 Å². The lowest BCUT2D eigenvalue weighted by Crippen LogP contribution is -2.18. The quantitative estimate of drug-likeness (QED) is 0.740. The van der Waals surface area contributed by atoms with Gasteiger partial charge in [-0.3, -0.25) is 24.8 Å². The summed E-state index contributed by atoms with van der Waals surface area (Å²) in [6.07, 6.45) is 11.2. The lowest BCUT2D eigenvalue weighted by molar-refractivity contribution is 0.102. The third-order valence-corrected chi connectivity index (χ3v) is 4.49. The minimum Gasteiger partial charge on any atom is -0.319 e. The Kier molecular flexibility index (Phi) is 4.70. The summed E-state index contributed by atoms with van der Waals surface area (Å²) in [6, 6.07) is 5.64. The number of aromatic nitrogens is 4. The molecular weight excluding hydrogens is 328 g/mol. The second kappa shape index (κ2) is 7.45. The van der Waals surface area contributed by atoms with Crippen molar-refractivity contribution >= 4 is 11.6 Å². The number of pyridine rings is 2. The molecule has 0 bridgehead atoms. The molecular formula is C19H20N6O. The zero-order valence-corrected chi connectivity index (χ0v) is 14.4. The molecule has 26 heavy (non-hydrogen) atoms. The summed E-state index contributed by atoms with van der Waals surface area (Å²) in [5.41, 5.74) is 3.74. The Hall–Kier alpha value is -3.06. The van der Waals surface area contributed by atoms with E-state index in [9.17, 15) is 4.79 Å². The lowest BCUT2D eigenvalue weighted by Gasteiger charge is -2.14. The number of carbonyl (C=O) groups excluding carboxylic acids is 1. The summed E-state index contributed by atoms with van der Waals surface area (Å²) >= 11 is 0. The number of hydrogen-bond donors (Lipinski definition) is 2. The molecule has 0 saturated carbocycles. The molecule has 7 heteroatoms. The third-order valence-electron chi connectivity index (χ3n) is 4.49. The Labute approximate surface area is 151 Å². The van der Waals surface area contributed by atoms with Crippen LogP contribution in [0.4, 0.5) is 5.69 Å². The molecule has 1 fully saturated rings. The summed E-state index contributed by atoms with van der Waals surface area (Å²) < 4.78 is 0. The van der Waals surface area contributed by atoms with Gasteiger partial charge in [0.05, 0.1) is 11.9 Å². The van der Waals surface area contributed by atoms with Crippen LogP contribution in [0.15, 0.2) is 49.2 Å². The molecule has 132 valence electrons. The van der Waals surface area contributed by atoms with Crippen molar-refractivity contribution in [3.05, 3.63) is 60.4 Å². The Balaban J connectivity index is 1.55. The Morgan fingerprint density at radius 3 is 2.88 bits per heavy atom. The van der Waals surface area contributed by atoms with Crippen LogP contribution in [-0.4, -0.2) is 44.1 Å². The van der Waals surface area contributed by atoms with E-state index >= 15 is 0 Å². The molecule has 0 unspecified atom stereocenters. The first-order chi connectivity index (χ1) is 12.8. The van der Waals surface area contributed by atoms with Gasteiger partial charge in [-0.1, -0.05) is 0 Å². The summed E-state index contributed by atoms with van der Waals surface area (Å²) in [6.45, 7) is 3.15. The Bertz CT molecular complexity index is 886. The monoisotopic (exact) mass is 348 g/mol. The van der Waals surface area contributed by atoms with Crippen LogP contribution in [0.25, 0.3) is 11.1 Å². The zero-order chi connectivity index (χ0) is 17.8. The highest BCUT2D eigenvalue weighted by atomic mass is 16.1. The summed E-state index contributed by atoms with van der Waals surface area (Å²) in [4.78, 5) is 23.4. The number of likely N-dealkylation sites (tertiary alicyclic amines) is 1. The van der Waals surface area contributed by atoms with E-state index in [0.29, 0.717) is 11.4 Å². The predicted octanol–water partition coefficient (Wildman–Crippen LogP) is 2.71. The second-order valence-corrected chi connectivity index (χ2v) is 6.41. The molecule has 0 radical (unpaired) electrons. The molecule has 1 amide bonds. The summed E-state index contributed by atoms with van der Waals surface area (Å²) in [5, 5.41) is 9.73. The van der Waals surface area contributed by atoms with Gasteiger partial charge in [0.25, 0.3) is 5.91 Å². The smallest absolute Gasteiger partial charge is 0.276 e. The fourth-order valence-electron chi connectivity index (χ4n) is 3.23. The van der Waals surface area contributed by atoms with Gasteiger partial charge in [0, 0.05) is 42.5 Å². The number of nitrogens with zero attached hydrogens (tertiary/aromatic N) is 4. The SMILES string of the molecule is O=C(Nc1cccnc1)c1n[nH]cc1-c1cncc(CN2CCCC2)c1. The Morgan fingerprint density at radius 2 is 2.08 bits per heavy atom. The molecule has 7 nitrogen and oxygen atoms in total. The van der Waals surface area contributed by atoms with Gasteiger partial charge >= 0.3 is 0 Å². The number of aromatic amines is 1. The number of nitrogens with one attached hydrogen (secondary N) is 2. The maximum atomic E-state index is 12.6. The second-order valence-electron chi connectivity index (χ2n) is 6.41. The van der Waals surface area contributed by atoms with Crippen molar-refractivity contribution in [1.29, 1.82) is 0 Å². The number of H-pyrrole nitrogens is 1. The van der Waals surface area contributed by atoms with Gasteiger partial charge in [0.2, 0.25) is 0 Å². The molecule has 2 N–H and O–H groups in total. The van der Waals surface area contributed by atoms with Crippen LogP contribution >= 0.6 is 0 Å². The molecule has 3 aromatic heterocycles. The number of carbonyl (C=O) groups is 1. The van der Waals surface area contributed by atoms with Crippen molar-refractivity contribution in [2.75, 3.05) is 18.4 Å². The highest BCUT2D eigenvalue weighted by Crippen LogP contribution is 2.24. The maximum absolute atomic E-state index is 12.6. The summed E-state index contributed by atoms with van der Waals surface area (Å²) in [5.74, 6) is -0.279.